The molecule has 0 aromatic heterocycles. The maximum absolute atomic E-state index is 12.3. The van der Waals surface area contributed by atoms with Crippen molar-refractivity contribution in [2.75, 3.05) is 24.3 Å². The van der Waals surface area contributed by atoms with Gasteiger partial charge in [0.2, 0.25) is 0 Å². The number of carbonyl (C=O) groups is 1. The van der Waals surface area contributed by atoms with Crippen molar-refractivity contribution >= 4 is 17.3 Å². The van der Waals surface area contributed by atoms with Crippen LogP contribution in [0.2, 0.25) is 0 Å². The van der Waals surface area contributed by atoms with Gasteiger partial charge in [-0.05, 0) is 60.9 Å². The van der Waals surface area contributed by atoms with E-state index in [2.05, 4.69) is 10.6 Å². The molecule has 0 unspecified atom stereocenters. The Hall–Kier alpha value is -2.49. The number of hydrogen-bond donors (Lipinski definition) is 2. The molecular formula is C17H18N2O2. The van der Waals surface area contributed by atoms with Crippen molar-refractivity contribution in [1.82, 2.24) is 0 Å². The van der Waals surface area contributed by atoms with E-state index in [1.54, 1.807) is 7.11 Å². The number of nitrogens with one attached hydrogen (secondary N) is 2. The van der Waals surface area contributed by atoms with E-state index in [-0.39, 0.29) is 5.91 Å². The lowest BCUT2D eigenvalue weighted by Gasteiger charge is -2.18. The number of amides is 1. The number of fused-ring (bicyclic) bond motifs is 1. The van der Waals surface area contributed by atoms with Gasteiger partial charge in [-0.1, -0.05) is 0 Å². The monoisotopic (exact) mass is 282 g/mol. The van der Waals surface area contributed by atoms with Crippen LogP contribution in [0.5, 0.6) is 5.75 Å². The molecule has 2 aromatic carbocycles. The first-order chi connectivity index (χ1) is 10.3. The zero-order chi connectivity index (χ0) is 14.7. The molecule has 2 aromatic rings. The number of ether oxygens (including phenoxy) is 1. The standard InChI is InChI=1S/C17H18N2O2/c1-21-15-7-5-14(6-8-15)19-17(20)13-4-9-16-12(11-13)3-2-10-18-16/h4-9,11,18H,2-3,10H2,1H3,(H,19,20). The summed E-state index contributed by atoms with van der Waals surface area (Å²) in [5, 5.41) is 6.25. The van der Waals surface area contributed by atoms with Crippen LogP contribution in [-0.4, -0.2) is 19.6 Å². The molecule has 1 aliphatic rings. The number of aryl methyl sites for hydroxylation is 1. The second kappa shape index (κ2) is 5.87. The highest BCUT2D eigenvalue weighted by Gasteiger charge is 2.12. The van der Waals surface area contributed by atoms with Gasteiger partial charge in [0.25, 0.3) is 5.91 Å². The van der Waals surface area contributed by atoms with Crippen LogP contribution in [0, 0.1) is 0 Å². The van der Waals surface area contributed by atoms with E-state index in [0.717, 1.165) is 36.5 Å². The minimum absolute atomic E-state index is 0.0893. The number of carbonyl (C=O) groups excluding carboxylic acids is 1. The Balaban J connectivity index is 1.75. The van der Waals surface area contributed by atoms with Crippen molar-refractivity contribution in [2.45, 2.75) is 12.8 Å². The van der Waals surface area contributed by atoms with Gasteiger partial charge >= 0.3 is 0 Å². The van der Waals surface area contributed by atoms with Gasteiger partial charge in [-0.25, -0.2) is 0 Å². The highest BCUT2D eigenvalue weighted by molar-refractivity contribution is 6.04. The zero-order valence-corrected chi connectivity index (χ0v) is 12.0. The number of rotatable bonds is 3. The lowest BCUT2D eigenvalue weighted by Crippen LogP contribution is -2.15. The fraction of sp³-hybridized carbons (Fsp3) is 0.235. The summed E-state index contributed by atoms with van der Waals surface area (Å²) in [5.41, 5.74) is 3.80. The molecule has 1 amide bonds. The SMILES string of the molecule is COc1ccc(NC(=O)c2ccc3c(c2)CCCN3)cc1. The molecule has 0 radical (unpaired) electrons. The molecule has 0 spiro atoms. The molecule has 0 fully saturated rings. The Labute approximate surface area is 124 Å². The third-order valence-corrected chi connectivity index (χ3v) is 3.65. The smallest absolute Gasteiger partial charge is 0.255 e. The molecular weight excluding hydrogens is 264 g/mol. The maximum atomic E-state index is 12.3. The lowest BCUT2D eigenvalue weighted by atomic mass is 10.0. The Kier molecular flexibility index (Phi) is 3.77. The summed E-state index contributed by atoms with van der Waals surface area (Å²) in [7, 11) is 1.62. The van der Waals surface area contributed by atoms with Crippen LogP contribution in [0.1, 0.15) is 22.3 Å². The summed E-state index contributed by atoms with van der Waals surface area (Å²) in [4.78, 5) is 12.3. The predicted molar refractivity (Wildman–Crippen MR) is 84.2 cm³/mol. The molecule has 4 heteroatoms. The van der Waals surface area contributed by atoms with Gasteiger partial charge in [-0.2, -0.15) is 0 Å². The minimum Gasteiger partial charge on any atom is -0.497 e. The first kappa shape index (κ1) is 13.5. The second-order valence-corrected chi connectivity index (χ2v) is 5.08. The lowest BCUT2D eigenvalue weighted by molar-refractivity contribution is 0.102. The fourth-order valence-corrected chi connectivity index (χ4v) is 2.49. The van der Waals surface area contributed by atoms with E-state index in [1.165, 1.54) is 5.56 Å². The van der Waals surface area contributed by atoms with E-state index < -0.39 is 0 Å². The molecule has 0 bridgehead atoms. The molecule has 21 heavy (non-hydrogen) atoms. The van der Waals surface area contributed by atoms with E-state index in [9.17, 15) is 4.79 Å². The fourth-order valence-electron chi connectivity index (χ4n) is 2.49. The molecule has 2 N–H and O–H groups in total. The van der Waals surface area contributed by atoms with Crippen molar-refractivity contribution < 1.29 is 9.53 Å². The molecule has 0 saturated carbocycles. The van der Waals surface area contributed by atoms with Crippen LogP contribution in [0.3, 0.4) is 0 Å². The molecule has 0 aliphatic carbocycles. The number of hydrogen-bond acceptors (Lipinski definition) is 3. The Bertz CT molecular complexity index is 650. The van der Waals surface area contributed by atoms with E-state index in [0.29, 0.717) is 5.56 Å². The Morgan fingerprint density at radius 1 is 1.19 bits per heavy atom. The van der Waals surface area contributed by atoms with Gasteiger partial charge in [0, 0.05) is 23.5 Å². The summed E-state index contributed by atoms with van der Waals surface area (Å²) >= 11 is 0. The Morgan fingerprint density at radius 3 is 2.76 bits per heavy atom. The molecule has 0 saturated heterocycles. The molecule has 108 valence electrons. The zero-order valence-electron chi connectivity index (χ0n) is 12.0. The van der Waals surface area contributed by atoms with Gasteiger partial charge in [-0.15, -0.1) is 0 Å². The van der Waals surface area contributed by atoms with Crippen LogP contribution in [-0.2, 0) is 6.42 Å². The molecule has 4 nitrogen and oxygen atoms in total. The van der Waals surface area contributed by atoms with Crippen LogP contribution >= 0.6 is 0 Å². The quantitative estimate of drug-likeness (QED) is 0.908. The maximum Gasteiger partial charge on any atom is 0.255 e. The van der Waals surface area contributed by atoms with Crippen LogP contribution < -0.4 is 15.4 Å². The summed E-state index contributed by atoms with van der Waals surface area (Å²) in [6.45, 7) is 1.00. The topological polar surface area (TPSA) is 50.4 Å². The molecule has 3 rings (SSSR count). The largest absolute Gasteiger partial charge is 0.497 e. The summed E-state index contributed by atoms with van der Waals surface area (Å²) in [6, 6.07) is 13.1. The third-order valence-electron chi connectivity index (χ3n) is 3.65. The van der Waals surface area contributed by atoms with Gasteiger partial charge in [0.05, 0.1) is 7.11 Å². The molecule has 0 atom stereocenters. The van der Waals surface area contributed by atoms with Gasteiger partial charge in [0.15, 0.2) is 0 Å². The highest BCUT2D eigenvalue weighted by atomic mass is 16.5. The second-order valence-electron chi connectivity index (χ2n) is 5.08. The molecule has 1 heterocycles. The summed E-state index contributed by atoms with van der Waals surface area (Å²) in [5.74, 6) is 0.682. The van der Waals surface area contributed by atoms with Crippen molar-refractivity contribution in [3.05, 3.63) is 53.6 Å². The van der Waals surface area contributed by atoms with Crippen molar-refractivity contribution in [3.63, 3.8) is 0 Å². The minimum atomic E-state index is -0.0893. The highest BCUT2D eigenvalue weighted by Crippen LogP contribution is 2.23. The van der Waals surface area contributed by atoms with Gasteiger partial charge < -0.3 is 15.4 Å². The normalized spacial score (nSPS) is 13.0. The van der Waals surface area contributed by atoms with Crippen LogP contribution in [0.15, 0.2) is 42.5 Å². The van der Waals surface area contributed by atoms with Crippen molar-refractivity contribution in [1.29, 1.82) is 0 Å². The Morgan fingerprint density at radius 2 is 2.00 bits per heavy atom. The van der Waals surface area contributed by atoms with E-state index in [4.69, 9.17) is 4.74 Å². The number of methoxy groups -OCH3 is 1. The average Bonchev–Trinajstić information content (AvgIpc) is 2.55. The number of benzene rings is 2. The first-order valence-corrected chi connectivity index (χ1v) is 7.08. The first-order valence-electron chi connectivity index (χ1n) is 7.08. The van der Waals surface area contributed by atoms with Gasteiger partial charge in [-0.3, -0.25) is 4.79 Å². The van der Waals surface area contributed by atoms with E-state index >= 15 is 0 Å². The number of anilines is 2. The molecule has 1 aliphatic heterocycles. The summed E-state index contributed by atoms with van der Waals surface area (Å²) in [6.07, 6.45) is 2.13. The third kappa shape index (κ3) is 2.99. The van der Waals surface area contributed by atoms with Gasteiger partial charge in [0.1, 0.15) is 5.75 Å². The average molecular weight is 282 g/mol. The van der Waals surface area contributed by atoms with Crippen molar-refractivity contribution in [3.8, 4) is 5.75 Å². The van der Waals surface area contributed by atoms with E-state index in [1.807, 2.05) is 42.5 Å². The van der Waals surface area contributed by atoms with Crippen LogP contribution in [0.25, 0.3) is 0 Å². The van der Waals surface area contributed by atoms with Crippen LogP contribution in [0.4, 0.5) is 11.4 Å². The predicted octanol–water partition coefficient (Wildman–Crippen LogP) is 3.31. The summed E-state index contributed by atoms with van der Waals surface area (Å²) < 4.78 is 5.10. The van der Waals surface area contributed by atoms with Crippen molar-refractivity contribution in [2.24, 2.45) is 0 Å².